The van der Waals surface area contributed by atoms with E-state index >= 15 is 0 Å². The molecule has 1 unspecified atom stereocenters. The van der Waals surface area contributed by atoms with Gasteiger partial charge >= 0.3 is 0 Å². The van der Waals surface area contributed by atoms with Crippen LogP contribution in [0.2, 0.25) is 0 Å². The van der Waals surface area contributed by atoms with Gasteiger partial charge in [-0.15, -0.1) is 6.58 Å². The maximum atomic E-state index is 14.6. The van der Waals surface area contributed by atoms with E-state index in [9.17, 15) is 32.4 Å². The van der Waals surface area contributed by atoms with Gasteiger partial charge in [0.1, 0.15) is 24.5 Å². The van der Waals surface area contributed by atoms with E-state index in [2.05, 4.69) is 65.0 Å². The van der Waals surface area contributed by atoms with Crippen molar-refractivity contribution in [1.82, 2.24) is 40.8 Å². The molecule has 1 aromatic rings. The van der Waals surface area contributed by atoms with Crippen molar-refractivity contribution in [3.63, 3.8) is 0 Å². The molecule has 1 saturated heterocycles. The number of aromatic nitrogens is 3. The van der Waals surface area contributed by atoms with Crippen LogP contribution in [0.3, 0.4) is 0 Å². The van der Waals surface area contributed by atoms with E-state index in [-0.39, 0.29) is 36.3 Å². The number of piperidine rings is 1. The molecule has 51 heavy (non-hydrogen) atoms. The molecule has 3 saturated carbocycles. The Hall–Kier alpha value is -2.93. The van der Waals surface area contributed by atoms with Crippen LogP contribution in [-0.2, 0) is 34.0 Å². The number of amides is 4. The van der Waals surface area contributed by atoms with E-state index in [1.165, 1.54) is 11.0 Å². The molecule has 15 nitrogen and oxygen atoms in total. The molecule has 0 radical (unpaired) electrons. The Morgan fingerprint density at radius 3 is 2.35 bits per heavy atom. The lowest BCUT2D eigenvalue weighted by Gasteiger charge is -2.41. The molecule has 1 aliphatic heterocycles. The lowest BCUT2D eigenvalue weighted by atomic mass is 9.82. The maximum absolute atomic E-state index is 14.6. The number of hydrogen-bond acceptors (Lipinski definition) is 9. The van der Waals surface area contributed by atoms with Gasteiger partial charge in [0.15, 0.2) is 0 Å². The summed E-state index contributed by atoms with van der Waals surface area (Å²) in [4.78, 5) is 74.2. The molecule has 0 aromatic carbocycles. The number of likely N-dealkylation sites (tertiary alicyclic amines) is 1. The van der Waals surface area contributed by atoms with Crippen LogP contribution in [0.5, 0.6) is 0 Å². The van der Waals surface area contributed by atoms with Gasteiger partial charge in [0.2, 0.25) is 23.5 Å². The van der Waals surface area contributed by atoms with E-state index in [0.717, 1.165) is 38.4 Å². The van der Waals surface area contributed by atoms with Crippen molar-refractivity contribution in [3.05, 3.63) is 19.0 Å². The number of aromatic amines is 1. The molecule has 2 heterocycles. The number of halogens is 1. The van der Waals surface area contributed by atoms with Crippen molar-refractivity contribution < 1.29 is 32.4 Å². The summed E-state index contributed by atoms with van der Waals surface area (Å²) in [6.07, 6.45) is 8.40. The Kier molecular flexibility index (Phi) is 11.4. The topological polar surface area (TPSA) is 212 Å². The number of ketones is 1. The fourth-order valence-electron chi connectivity index (χ4n) is 7.80. The number of carbonyl (C=O) groups excluding carboxylic acids is 5. The van der Waals surface area contributed by atoms with Crippen LogP contribution in [0, 0.1) is 28.6 Å². The number of rotatable bonds is 15. The van der Waals surface area contributed by atoms with Crippen molar-refractivity contribution >= 4 is 62.0 Å². The molecular weight excluding hydrogens is 791 g/mol. The summed E-state index contributed by atoms with van der Waals surface area (Å²) in [6.45, 7) is 13.4. The zero-order valence-electron chi connectivity index (χ0n) is 30.0. The van der Waals surface area contributed by atoms with E-state index in [0.29, 0.717) is 19.3 Å². The van der Waals surface area contributed by atoms with Crippen LogP contribution in [0.25, 0.3) is 0 Å². The van der Waals surface area contributed by atoms with Gasteiger partial charge in [-0.25, -0.2) is 18.5 Å². The molecule has 3 aliphatic carbocycles. The van der Waals surface area contributed by atoms with Crippen LogP contribution in [0.1, 0.15) is 86.0 Å². The lowest BCUT2D eigenvalue weighted by Crippen LogP contribution is -2.64. The van der Waals surface area contributed by atoms with Crippen molar-refractivity contribution in [2.24, 2.45) is 28.6 Å². The summed E-state index contributed by atoms with van der Waals surface area (Å²) in [6, 6.07) is -4.34. The van der Waals surface area contributed by atoms with Crippen molar-refractivity contribution in [3.8, 4) is 0 Å². The number of hydrogen-bond donors (Lipinski definition) is 5. The third-order valence-corrected chi connectivity index (χ3v) is 14.0. The second kappa shape index (κ2) is 14.8. The normalized spacial score (nSPS) is 25.5. The van der Waals surface area contributed by atoms with Gasteiger partial charge in [0.05, 0.1) is 6.04 Å². The van der Waals surface area contributed by atoms with Crippen LogP contribution < -0.4 is 20.7 Å². The van der Waals surface area contributed by atoms with E-state index in [4.69, 9.17) is 0 Å². The minimum absolute atomic E-state index is 0.0170. The molecule has 5 N–H and O–H groups in total. The highest BCUT2D eigenvalue weighted by Crippen LogP contribution is 2.65. The first kappa shape index (κ1) is 39.3. The summed E-state index contributed by atoms with van der Waals surface area (Å²) in [5.74, 6) is -3.15. The Bertz CT molecular complexity index is 1630. The van der Waals surface area contributed by atoms with Gasteiger partial charge in [-0.2, -0.15) is 9.82 Å². The first-order valence-corrected chi connectivity index (χ1v) is 20.3. The average molecular weight is 843 g/mol. The number of Topliss-reactive ketones (excluding diaryl/α,β-unsaturated/α-hetero) is 1. The number of nitrogens with zero attached hydrogens (tertiary/aromatic N) is 3. The van der Waals surface area contributed by atoms with Gasteiger partial charge in [0.25, 0.3) is 21.1 Å². The molecule has 1 aromatic heterocycles. The molecular formula is C34H51IN8O7S. The largest absolute Gasteiger partial charge is 0.346 e. The highest BCUT2D eigenvalue weighted by atomic mass is 127. The molecule has 17 heteroatoms. The summed E-state index contributed by atoms with van der Waals surface area (Å²) in [7, 11) is -4.28. The van der Waals surface area contributed by atoms with Crippen LogP contribution in [0.4, 0.5) is 0 Å². The van der Waals surface area contributed by atoms with Gasteiger partial charge in [-0.1, -0.05) is 95.4 Å². The zero-order chi connectivity index (χ0) is 37.5. The van der Waals surface area contributed by atoms with Gasteiger partial charge in [-0.05, 0) is 47.8 Å². The fourth-order valence-corrected chi connectivity index (χ4v) is 10.3. The van der Waals surface area contributed by atoms with Gasteiger partial charge in [0, 0.05) is 16.5 Å². The molecule has 0 spiro atoms. The summed E-state index contributed by atoms with van der Waals surface area (Å²) >= 11 is 2.17. The number of alkyl halides is 1. The predicted molar refractivity (Wildman–Crippen MR) is 195 cm³/mol. The minimum Gasteiger partial charge on any atom is -0.346 e. The molecule has 4 aliphatic rings. The van der Waals surface area contributed by atoms with E-state index < -0.39 is 77.6 Å². The molecule has 0 bridgehead atoms. The quantitative estimate of drug-likeness (QED) is 0.0753. The van der Waals surface area contributed by atoms with Crippen molar-refractivity contribution in [2.45, 2.75) is 119 Å². The Labute approximate surface area is 313 Å². The standard InChI is InChI=1S/C34H51IN8O7S/c1-7-15-36-28(46)24(44)21(16-19-11-12-19)39-27(45)23-22-20(33(22,5)6)17-43(23)30(48)26(32(2,3)4)40-29(47)25(34(35)13-9-8-10-14-34)42-51(49,50)31-37-18-38-41-31/h7,18-23,25-26,42H,1,8-17H2,2-6H3,(H,36,46)(H,39,45)(H,40,47)(H,37,38,41)/t20-,21?,22-,23-,25+,26+/m0/s1. The Morgan fingerprint density at radius 1 is 1.12 bits per heavy atom. The predicted octanol–water partition coefficient (Wildman–Crippen LogP) is 1.76. The number of carbonyl (C=O) groups is 5. The number of fused-ring (bicyclic) bond motifs is 1. The summed E-state index contributed by atoms with van der Waals surface area (Å²) in [5.41, 5.74) is -1.08. The van der Waals surface area contributed by atoms with E-state index in [1.807, 2.05) is 13.8 Å². The van der Waals surface area contributed by atoms with Gasteiger partial charge in [-0.3, -0.25) is 24.0 Å². The highest BCUT2D eigenvalue weighted by molar-refractivity contribution is 14.1. The lowest BCUT2D eigenvalue weighted by molar-refractivity contribution is -0.147. The first-order chi connectivity index (χ1) is 23.8. The van der Waals surface area contributed by atoms with Crippen molar-refractivity contribution in [1.29, 1.82) is 0 Å². The first-order valence-electron chi connectivity index (χ1n) is 17.7. The monoisotopic (exact) mass is 842 g/mol. The second-order valence-electron chi connectivity index (χ2n) is 16.2. The van der Waals surface area contributed by atoms with Crippen LogP contribution in [-0.4, -0.2) is 98.6 Å². The minimum atomic E-state index is -4.28. The molecule has 282 valence electrons. The smallest absolute Gasteiger partial charge is 0.289 e. The molecule has 6 atom stereocenters. The number of sulfonamides is 1. The highest BCUT2D eigenvalue weighted by Gasteiger charge is 2.70. The third kappa shape index (κ3) is 8.50. The maximum Gasteiger partial charge on any atom is 0.289 e. The Morgan fingerprint density at radius 2 is 1.78 bits per heavy atom. The summed E-state index contributed by atoms with van der Waals surface area (Å²) in [5, 5.41) is 13.8. The Balaban J connectivity index is 1.40. The van der Waals surface area contributed by atoms with Crippen LogP contribution >= 0.6 is 22.6 Å². The molecule has 5 rings (SSSR count). The zero-order valence-corrected chi connectivity index (χ0v) is 32.9. The average Bonchev–Trinajstić information content (AvgIpc) is 3.74. The SMILES string of the molecule is C=CCNC(=O)C(=O)C(CC1CC1)NC(=O)[C@@H]1[C@@H]2[C@H](CN1C(=O)[C@@H](NC(=O)[C@@H](NS(=O)(=O)c1ncn[nH]1)C1(I)CCCCC1)C(C)(C)C)C2(C)C. The van der Waals surface area contributed by atoms with Gasteiger partial charge < -0.3 is 20.9 Å². The fraction of sp³-hybridized carbons (Fsp3) is 0.735. The van der Waals surface area contributed by atoms with Crippen LogP contribution in [0.15, 0.2) is 24.1 Å². The molecule has 4 amide bonds. The number of H-pyrrole nitrogens is 1. The number of nitrogens with one attached hydrogen (secondary N) is 5. The van der Waals surface area contributed by atoms with Crippen molar-refractivity contribution in [2.75, 3.05) is 13.1 Å². The third-order valence-electron chi connectivity index (χ3n) is 11.1. The second-order valence-corrected chi connectivity index (χ2v) is 20.0. The molecule has 4 fully saturated rings. The summed E-state index contributed by atoms with van der Waals surface area (Å²) < 4.78 is 28.5. The van der Waals surface area contributed by atoms with E-state index in [1.54, 1.807) is 20.8 Å².